The zero-order valence-corrected chi connectivity index (χ0v) is 20.1. The number of carbonyl (C=O) groups is 3. The Balaban J connectivity index is 1.45. The Labute approximate surface area is 209 Å². The molecule has 0 atom stereocenters. The van der Waals surface area contributed by atoms with Crippen LogP contribution in [0.25, 0.3) is 0 Å². The van der Waals surface area contributed by atoms with Crippen LogP contribution in [0.2, 0.25) is 0 Å². The topological polar surface area (TPSA) is 109 Å². The maximum Gasteiger partial charge on any atom is 0.269 e. The molecule has 0 radical (unpaired) electrons. The van der Waals surface area contributed by atoms with Crippen molar-refractivity contribution in [3.63, 3.8) is 0 Å². The van der Waals surface area contributed by atoms with E-state index in [2.05, 4.69) is 35.3 Å². The summed E-state index contributed by atoms with van der Waals surface area (Å²) < 4.78 is 5.60. The maximum atomic E-state index is 12.4. The number of benzene rings is 3. The third kappa shape index (κ3) is 7.94. The molecule has 8 nitrogen and oxygen atoms in total. The maximum absolute atomic E-state index is 12.4. The van der Waals surface area contributed by atoms with E-state index in [9.17, 15) is 14.4 Å². The molecule has 0 fully saturated rings. The van der Waals surface area contributed by atoms with Crippen LogP contribution in [-0.4, -0.2) is 29.4 Å². The first-order valence-corrected chi connectivity index (χ1v) is 11.3. The van der Waals surface area contributed by atoms with E-state index in [0.29, 0.717) is 40.7 Å². The zero-order chi connectivity index (χ0) is 25.2. The second-order valence-electron chi connectivity index (χ2n) is 7.99. The van der Waals surface area contributed by atoms with Crippen LogP contribution < -0.4 is 26.2 Å². The number of thiocarbonyl (C=S) groups is 1. The summed E-state index contributed by atoms with van der Waals surface area (Å²) >= 11 is 5.08. The van der Waals surface area contributed by atoms with E-state index in [-0.39, 0.29) is 11.0 Å². The number of hydrazine groups is 1. The number of rotatable bonds is 7. The number of amides is 3. The molecule has 3 aromatic carbocycles. The van der Waals surface area contributed by atoms with Gasteiger partial charge in [0, 0.05) is 22.4 Å². The average Bonchev–Trinajstić information content (AvgIpc) is 2.87. The average molecular weight is 491 g/mol. The summed E-state index contributed by atoms with van der Waals surface area (Å²) in [6, 6.07) is 21.8. The predicted molar refractivity (Wildman–Crippen MR) is 138 cm³/mol. The van der Waals surface area contributed by atoms with E-state index in [1.165, 1.54) is 0 Å². The van der Waals surface area contributed by atoms with Gasteiger partial charge in [-0.2, -0.15) is 0 Å². The molecule has 0 saturated heterocycles. The fourth-order valence-corrected chi connectivity index (χ4v) is 3.00. The summed E-state index contributed by atoms with van der Waals surface area (Å²) in [7, 11) is 0. The summed E-state index contributed by atoms with van der Waals surface area (Å²) in [6.07, 6.45) is 0. The molecule has 0 heterocycles. The van der Waals surface area contributed by atoms with Crippen LogP contribution in [0.5, 0.6) is 5.75 Å². The smallest absolute Gasteiger partial charge is 0.269 e. The van der Waals surface area contributed by atoms with E-state index in [0.717, 1.165) is 0 Å². The van der Waals surface area contributed by atoms with Crippen molar-refractivity contribution in [1.82, 2.24) is 16.2 Å². The van der Waals surface area contributed by atoms with Crippen molar-refractivity contribution in [2.45, 2.75) is 13.8 Å². The van der Waals surface area contributed by atoms with Gasteiger partial charge in [0.15, 0.2) is 5.11 Å². The van der Waals surface area contributed by atoms with Crippen molar-refractivity contribution < 1.29 is 19.1 Å². The summed E-state index contributed by atoms with van der Waals surface area (Å²) in [5.74, 6) is -0.0629. The highest BCUT2D eigenvalue weighted by Gasteiger charge is 2.11. The molecule has 3 rings (SSSR count). The van der Waals surface area contributed by atoms with Gasteiger partial charge in [-0.3, -0.25) is 30.6 Å². The highest BCUT2D eigenvalue weighted by atomic mass is 32.1. The molecule has 0 aliphatic heterocycles. The Morgan fingerprint density at radius 2 is 1.31 bits per heavy atom. The van der Waals surface area contributed by atoms with E-state index >= 15 is 0 Å². The third-order valence-corrected chi connectivity index (χ3v) is 4.86. The normalized spacial score (nSPS) is 10.3. The fourth-order valence-electron chi connectivity index (χ4n) is 2.86. The lowest BCUT2D eigenvalue weighted by atomic mass is 10.1. The third-order valence-electron chi connectivity index (χ3n) is 4.66. The Morgan fingerprint density at radius 3 is 1.94 bits per heavy atom. The van der Waals surface area contributed by atoms with E-state index in [1.807, 2.05) is 6.07 Å². The molecule has 0 saturated carbocycles. The molecule has 0 aromatic heterocycles. The van der Waals surface area contributed by atoms with Crippen molar-refractivity contribution in [3.05, 3.63) is 95.6 Å². The summed E-state index contributed by atoms with van der Waals surface area (Å²) in [6.45, 7) is 4.69. The first-order valence-electron chi connectivity index (χ1n) is 10.9. The number of hydrogen-bond acceptors (Lipinski definition) is 5. The lowest BCUT2D eigenvalue weighted by molar-refractivity contribution is 0.0934. The van der Waals surface area contributed by atoms with Gasteiger partial charge in [-0.25, -0.2) is 0 Å². The molecule has 9 heteroatoms. The van der Waals surface area contributed by atoms with Gasteiger partial charge < -0.3 is 10.1 Å². The SMILES string of the molecule is CC(C)COc1ccc(C(=O)NC(=S)NNC(=O)c2ccc(NC(=O)c3ccccc3)cc2)cc1. The Hall–Kier alpha value is -4.24. The number of ether oxygens (including phenoxy) is 1. The van der Waals surface area contributed by atoms with Gasteiger partial charge in [-0.1, -0.05) is 32.0 Å². The minimum atomic E-state index is -0.464. The van der Waals surface area contributed by atoms with Gasteiger partial charge in [0.25, 0.3) is 17.7 Å². The quantitative estimate of drug-likeness (QED) is 0.295. The first-order chi connectivity index (χ1) is 16.8. The summed E-state index contributed by atoms with van der Waals surface area (Å²) in [5, 5.41) is 5.20. The van der Waals surface area contributed by atoms with Gasteiger partial charge in [0.05, 0.1) is 6.61 Å². The molecule has 0 aliphatic rings. The van der Waals surface area contributed by atoms with Crippen LogP contribution in [0, 0.1) is 5.92 Å². The standard InChI is InChI=1S/C26H26N4O4S/c1-17(2)16-34-22-14-10-19(11-15-22)24(32)28-26(35)30-29-25(33)20-8-12-21(13-9-20)27-23(31)18-6-4-3-5-7-18/h3-15,17H,16H2,1-2H3,(H,27,31)(H,29,33)(H2,28,30,32,35). The molecule has 3 aromatic rings. The second-order valence-corrected chi connectivity index (χ2v) is 8.40. The number of nitrogens with one attached hydrogen (secondary N) is 4. The van der Waals surface area contributed by atoms with Crippen LogP contribution in [0.15, 0.2) is 78.9 Å². The first kappa shape index (κ1) is 25.4. The van der Waals surface area contributed by atoms with Crippen LogP contribution >= 0.6 is 12.2 Å². The predicted octanol–water partition coefficient (Wildman–Crippen LogP) is 3.92. The number of anilines is 1. The van der Waals surface area contributed by atoms with Gasteiger partial charge in [-0.05, 0) is 78.8 Å². The van der Waals surface area contributed by atoms with Crippen LogP contribution in [0.1, 0.15) is 44.9 Å². The number of hydrogen-bond donors (Lipinski definition) is 4. The molecule has 180 valence electrons. The van der Waals surface area contributed by atoms with Crippen molar-refractivity contribution in [2.24, 2.45) is 5.92 Å². The molecule has 0 spiro atoms. The minimum Gasteiger partial charge on any atom is -0.493 e. The molecule has 0 bridgehead atoms. The van der Waals surface area contributed by atoms with Gasteiger partial charge in [0.2, 0.25) is 0 Å². The number of carbonyl (C=O) groups excluding carboxylic acids is 3. The molecule has 3 amide bonds. The largest absolute Gasteiger partial charge is 0.493 e. The molecule has 4 N–H and O–H groups in total. The Bertz CT molecular complexity index is 1180. The molecule has 0 unspecified atom stereocenters. The second kappa shape index (κ2) is 12.3. The minimum absolute atomic E-state index is 0.0600. The van der Waals surface area contributed by atoms with Crippen molar-refractivity contribution in [2.75, 3.05) is 11.9 Å². The van der Waals surface area contributed by atoms with Crippen LogP contribution in [0.3, 0.4) is 0 Å². The molecular weight excluding hydrogens is 464 g/mol. The fraction of sp³-hybridized carbons (Fsp3) is 0.154. The van der Waals surface area contributed by atoms with Crippen molar-refractivity contribution in [3.8, 4) is 5.75 Å². The molecule has 0 aliphatic carbocycles. The van der Waals surface area contributed by atoms with Gasteiger partial charge in [0.1, 0.15) is 5.75 Å². The van der Waals surface area contributed by atoms with E-state index in [1.54, 1.807) is 72.8 Å². The van der Waals surface area contributed by atoms with E-state index < -0.39 is 11.8 Å². The molecular formula is C26H26N4O4S. The Kier molecular flexibility index (Phi) is 8.91. The van der Waals surface area contributed by atoms with Crippen LogP contribution in [-0.2, 0) is 0 Å². The zero-order valence-electron chi connectivity index (χ0n) is 19.3. The monoisotopic (exact) mass is 490 g/mol. The summed E-state index contributed by atoms with van der Waals surface area (Å²) in [5.41, 5.74) is 6.73. The van der Waals surface area contributed by atoms with E-state index in [4.69, 9.17) is 17.0 Å². The highest BCUT2D eigenvalue weighted by Crippen LogP contribution is 2.14. The highest BCUT2D eigenvalue weighted by molar-refractivity contribution is 7.80. The van der Waals surface area contributed by atoms with Crippen molar-refractivity contribution >= 4 is 40.7 Å². The van der Waals surface area contributed by atoms with Crippen LogP contribution in [0.4, 0.5) is 5.69 Å². The Morgan fingerprint density at radius 1 is 0.743 bits per heavy atom. The van der Waals surface area contributed by atoms with Gasteiger partial charge >= 0.3 is 0 Å². The lowest BCUT2D eigenvalue weighted by Crippen LogP contribution is -2.48. The summed E-state index contributed by atoms with van der Waals surface area (Å²) in [4.78, 5) is 36.9. The lowest BCUT2D eigenvalue weighted by Gasteiger charge is -2.12. The molecule has 35 heavy (non-hydrogen) atoms. The van der Waals surface area contributed by atoms with Crippen molar-refractivity contribution in [1.29, 1.82) is 0 Å². The van der Waals surface area contributed by atoms with Gasteiger partial charge in [-0.15, -0.1) is 0 Å².